The summed E-state index contributed by atoms with van der Waals surface area (Å²) in [6.45, 7) is 0. The zero-order valence-corrected chi connectivity index (χ0v) is 17.7. The Bertz CT molecular complexity index is 1040. The summed E-state index contributed by atoms with van der Waals surface area (Å²) in [4.78, 5) is 14.0. The van der Waals surface area contributed by atoms with Crippen LogP contribution in [0.15, 0.2) is 41.5 Å². The average Bonchev–Trinajstić information content (AvgIpc) is 3.53. The van der Waals surface area contributed by atoms with Crippen molar-refractivity contribution in [3.05, 3.63) is 47.0 Å². The second kappa shape index (κ2) is 4.76. The van der Waals surface area contributed by atoms with Gasteiger partial charge in [0.1, 0.15) is 0 Å². The molecule has 2 heteroatoms. The fourth-order valence-electron chi connectivity index (χ4n) is 12.8. The van der Waals surface area contributed by atoms with Crippen LogP contribution in [0.25, 0.3) is 0 Å². The number of benzene rings is 1. The fourth-order valence-corrected chi connectivity index (χ4v) is 12.8. The van der Waals surface area contributed by atoms with Crippen LogP contribution in [0.5, 0.6) is 0 Å². The summed E-state index contributed by atoms with van der Waals surface area (Å²) in [6.07, 6.45) is 6.44. The van der Waals surface area contributed by atoms with Crippen LogP contribution < -0.4 is 0 Å². The minimum atomic E-state index is -0.259. The van der Waals surface area contributed by atoms with Gasteiger partial charge in [-0.15, -0.1) is 0 Å². The minimum absolute atomic E-state index is 0.161. The zero-order chi connectivity index (χ0) is 19.5. The summed E-state index contributed by atoms with van der Waals surface area (Å²) < 4.78 is 5.77. The summed E-state index contributed by atoms with van der Waals surface area (Å²) in [5.74, 6) is 10.0. The highest BCUT2D eigenvalue weighted by Crippen LogP contribution is 2.89. The van der Waals surface area contributed by atoms with Crippen LogP contribution in [-0.4, -0.2) is 13.1 Å². The van der Waals surface area contributed by atoms with Crippen molar-refractivity contribution in [1.82, 2.24) is 0 Å². The quantitative estimate of drug-likeness (QED) is 0.543. The minimum Gasteiger partial charge on any atom is -0.469 e. The van der Waals surface area contributed by atoms with E-state index in [1.54, 1.807) is 7.11 Å². The molecule has 0 radical (unpaired) electrons. The molecular weight excluding hydrogens is 368 g/mol. The van der Waals surface area contributed by atoms with E-state index < -0.39 is 0 Å². The lowest BCUT2D eigenvalue weighted by atomic mass is 9.60. The molecular formula is C28H30O2. The summed E-state index contributed by atoms with van der Waals surface area (Å²) in [7, 11) is 1.67. The van der Waals surface area contributed by atoms with Crippen molar-refractivity contribution in [2.45, 2.75) is 32.1 Å². The van der Waals surface area contributed by atoms with E-state index in [9.17, 15) is 4.79 Å². The number of ether oxygens (including phenoxy) is 1. The highest BCUT2D eigenvalue weighted by Gasteiger charge is 2.86. The second-order valence-corrected chi connectivity index (χ2v) is 12.2. The largest absolute Gasteiger partial charge is 0.469 e. The number of rotatable bonds is 3. The maximum atomic E-state index is 14.0. The van der Waals surface area contributed by atoms with Gasteiger partial charge < -0.3 is 4.74 Å². The molecule has 0 saturated heterocycles. The molecule has 7 fully saturated rings. The lowest BCUT2D eigenvalue weighted by molar-refractivity contribution is -0.162. The lowest BCUT2D eigenvalue weighted by Gasteiger charge is -2.42. The number of hydrogen-bond donors (Lipinski definition) is 0. The number of carbonyl (C=O) groups excluding carboxylic acids is 1. The van der Waals surface area contributed by atoms with E-state index in [0.29, 0.717) is 11.8 Å². The second-order valence-electron chi connectivity index (χ2n) is 12.2. The molecule has 1 aromatic rings. The van der Waals surface area contributed by atoms with Crippen LogP contribution in [0.3, 0.4) is 0 Å². The van der Waals surface area contributed by atoms with E-state index in [1.807, 2.05) is 11.1 Å². The molecule has 1 aromatic carbocycles. The van der Waals surface area contributed by atoms with Crippen LogP contribution in [-0.2, 0) is 16.0 Å². The lowest BCUT2D eigenvalue weighted by Crippen LogP contribution is -2.48. The van der Waals surface area contributed by atoms with Crippen LogP contribution in [0, 0.1) is 76.4 Å². The summed E-state index contributed by atoms with van der Waals surface area (Å²) in [6, 6.07) is 11.0. The third-order valence-electron chi connectivity index (χ3n) is 12.4. The van der Waals surface area contributed by atoms with E-state index in [-0.39, 0.29) is 11.4 Å². The van der Waals surface area contributed by atoms with Crippen molar-refractivity contribution >= 4 is 5.97 Å². The molecule has 0 unspecified atom stereocenters. The fraction of sp³-hybridized carbons (Fsp3) is 0.679. The standard InChI is InChI=1S/C28H30O2/c1-30-27(29)28(11-12-5-3-2-4-6-12)25-15-9-7-13-17-14-8-10-16-19(14)22-20(17)21(18(13)15)23(25)24(22)26(16)28/h2-6,13,15-16,18-26H,7-11H2,1H3/t13-,15+,16+,18+,19-,20+,21+,22-,23+,24+,25+,26+,28+/m0/s1. The Morgan fingerprint density at radius 1 is 0.933 bits per heavy atom. The average molecular weight is 399 g/mol. The van der Waals surface area contributed by atoms with Crippen molar-refractivity contribution in [2.24, 2.45) is 76.4 Å². The van der Waals surface area contributed by atoms with Gasteiger partial charge in [0.2, 0.25) is 0 Å². The Labute approximate surface area is 178 Å². The third kappa shape index (κ3) is 1.33. The Morgan fingerprint density at radius 3 is 2.57 bits per heavy atom. The molecule has 0 bridgehead atoms. The molecule has 0 spiro atoms. The molecule has 0 aromatic heterocycles. The predicted molar refractivity (Wildman–Crippen MR) is 112 cm³/mol. The first-order chi connectivity index (χ1) is 14.8. The number of carbonyl (C=O) groups is 1. The monoisotopic (exact) mass is 398 g/mol. The first-order valence-electron chi connectivity index (χ1n) is 12.6. The predicted octanol–water partition coefficient (Wildman–Crippen LogP) is 4.75. The van der Waals surface area contributed by atoms with Crippen molar-refractivity contribution in [2.75, 3.05) is 7.11 Å². The molecule has 8 aliphatic carbocycles. The van der Waals surface area contributed by atoms with Gasteiger partial charge in [0.05, 0.1) is 12.5 Å². The summed E-state index contributed by atoms with van der Waals surface area (Å²) in [5.41, 5.74) is 5.07. The molecule has 8 aliphatic rings. The highest BCUT2D eigenvalue weighted by molar-refractivity contribution is 5.80. The van der Waals surface area contributed by atoms with Crippen LogP contribution >= 0.6 is 0 Å². The van der Waals surface area contributed by atoms with Crippen molar-refractivity contribution in [1.29, 1.82) is 0 Å². The number of esters is 1. The van der Waals surface area contributed by atoms with E-state index in [4.69, 9.17) is 4.74 Å². The molecule has 0 amide bonds. The Morgan fingerprint density at radius 2 is 1.73 bits per heavy atom. The number of allylic oxidation sites excluding steroid dienone is 2. The maximum Gasteiger partial charge on any atom is 0.312 e. The Balaban J connectivity index is 1.34. The van der Waals surface area contributed by atoms with Gasteiger partial charge in [-0.2, -0.15) is 0 Å². The normalized spacial score (nSPS) is 58.6. The highest BCUT2D eigenvalue weighted by atomic mass is 16.5. The van der Waals surface area contributed by atoms with Gasteiger partial charge >= 0.3 is 5.97 Å². The van der Waals surface area contributed by atoms with Crippen LogP contribution in [0.1, 0.15) is 31.2 Å². The molecule has 2 nitrogen and oxygen atoms in total. The third-order valence-corrected chi connectivity index (χ3v) is 12.4. The van der Waals surface area contributed by atoms with E-state index in [1.165, 1.54) is 31.2 Å². The Kier molecular flexibility index (Phi) is 2.56. The number of hydrogen-bond acceptors (Lipinski definition) is 2. The SMILES string of the molecule is COC(=O)[C@@]1(Cc2ccccc2)[C@@H]2[C@@H]3CCC4=C5[C@H]6[C@H]([C@@H]43)[C@@H]2[C@H]2[C@@H]6[C@H]3[C@@H](CC[C@@H]53)[C@H]21. The van der Waals surface area contributed by atoms with Crippen molar-refractivity contribution < 1.29 is 9.53 Å². The molecule has 0 N–H and O–H groups in total. The van der Waals surface area contributed by atoms with E-state index >= 15 is 0 Å². The van der Waals surface area contributed by atoms with Gasteiger partial charge in [0.15, 0.2) is 0 Å². The van der Waals surface area contributed by atoms with Gasteiger partial charge in [-0.25, -0.2) is 0 Å². The topological polar surface area (TPSA) is 26.3 Å². The first kappa shape index (κ1) is 16.1. The van der Waals surface area contributed by atoms with Gasteiger partial charge in [-0.1, -0.05) is 41.5 Å². The molecule has 13 atom stereocenters. The van der Waals surface area contributed by atoms with Crippen LogP contribution in [0.4, 0.5) is 0 Å². The van der Waals surface area contributed by atoms with Gasteiger partial charge in [0, 0.05) is 0 Å². The summed E-state index contributed by atoms with van der Waals surface area (Å²) >= 11 is 0. The number of methoxy groups -OCH3 is 1. The molecule has 154 valence electrons. The molecule has 7 saturated carbocycles. The zero-order valence-electron chi connectivity index (χ0n) is 17.7. The molecule has 9 rings (SSSR count). The van der Waals surface area contributed by atoms with Crippen molar-refractivity contribution in [3.8, 4) is 0 Å². The maximum absolute atomic E-state index is 14.0. The summed E-state index contributed by atoms with van der Waals surface area (Å²) in [5, 5.41) is 0. The van der Waals surface area contributed by atoms with Crippen LogP contribution in [0.2, 0.25) is 0 Å². The molecule has 30 heavy (non-hydrogen) atoms. The molecule has 0 aliphatic heterocycles. The Hall–Kier alpha value is -1.57. The van der Waals surface area contributed by atoms with E-state index in [2.05, 4.69) is 30.3 Å². The van der Waals surface area contributed by atoms with Crippen molar-refractivity contribution in [3.63, 3.8) is 0 Å². The number of fused-ring (bicyclic) bond motifs is 3. The van der Waals surface area contributed by atoms with Gasteiger partial charge in [-0.3, -0.25) is 4.79 Å². The molecule has 0 heterocycles. The van der Waals surface area contributed by atoms with E-state index in [0.717, 1.165) is 65.6 Å². The van der Waals surface area contributed by atoms with Gasteiger partial charge in [0.25, 0.3) is 0 Å². The smallest absolute Gasteiger partial charge is 0.312 e. The first-order valence-corrected chi connectivity index (χ1v) is 12.6. The van der Waals surface area contributed by atoms with Gasteiger partial charge in [-0.05, 0) is 109 Å².